The summed E-state index contributed by atoms with van der Waals surface area (Å²) in [6.07, 6.45) is 4.85. The molecule has 1 aromatic carbocycles. The molecule has 1 aliphatic rings. The van der Waals surface area contributed by atoms with E-state index in [0.717, 1.165) is 23.9 Å². The molecule has 0 spiro atoms. The van der Waals surface area contributed by atoms with Gasteiger partial charge >= 0.3 is 5.97 Å². The van der Waals surface area contributed by atoms with Crippen LogP contribution in [0.25, 0.3) is 10.9 Å². The summed E-state index contributed by atoms with van der Waals surface area (Å²) in [6.45, 7) is 4.08. The second-order valence-corrected chi connectivity index (χ2v) is 6.38. The second kappa shape index (κ2) is 6.71. The van der Waals surface area contributed by atoms with Gasteiger partial charge in [0.25, 0.3) is 0 Å². The van der Waals surface area contributed by atoms with Crippen molar-refractivity contribution < 1.29 is 9.90 Å². The molecule has 0 unspecified atom stereocenters. The van der Waals surface area contributed by atoms with Crippen molar-refractivity contribution in [3.63, 3.8) is 0 Å². The van der Waals surface area contributed by atoms with E-state index in [-0.39, 0.29) is 0 Å². The molecule has 5 heteroatoms. The zero-order valence-electron chi connectivity index (χ0n) is 12.6. The number of carbonyl (C=O) groups is 1. The molecule has 22 heavy (non-hydrogen) atoms. The van der Waals surface area contributed by atoms with Gasteiger partial charge in [0.05, 0.1) is 5.52 Å². The van der Waals surface area contributed by atoms with Gasteiger partial charge in [-0.2, -0.15) is 0 Å². The van der Waals surface area contributed by atoms with Gasteiger partial charge in [-0.15, -0.1) is 0 Å². The van der Waals surface area contributed by atoms with Crippen LogP contribution in [0.1, 0.15) is 36.2 Å². The number of hydrogen-bond donors (Lipinski definition) is 1. The van der Waals surface area contributed by atoms with E-state index in [4.69, 9.17) is 11.6 Å². The van der Waals surface area contributed by atoms with Crippen molar-refractivity contribution in [1.29, 1.82) is 0 Å². The van der Waals surface area contributed by atoms with E-state index in [1.807, 2.05) is 16.7 Å². The highest BCUT2D eigenvalue weighted by Gasteiger charge is 2.15. The van der Waals surface area contributed by atoms with Crippen LogP contribution >= 0.6 is 11.6 Å². The van der Waals surface area contributed by atoms with Gasteiger partial charge in [0.15, 0.2) is 0 Å². The number of fused-ring (bicyclic) bond motifs is 1. The molecule has 0 bridgehead atoms. The van der Waals surface area contributed by atoms with Gasteiger partial charge in [0.2, 0.25) is 0 Å². The molecular weight excluding hydrogens is 300 g/mol. The molecule has 1 aromatic heterocycles. The number of hydrogen-bond acceptors (Lipinski definition) is 2. The Kier molecular flexibility index (Phi) is 4.69. The first-order valence-electron chi connectivity index (χ1n) is 7.89. The van der Waals surface area contributed by atoms with E-state index < -0.39 is 5.97 Å². The van der Waals surface area contributed by atoms with E-state index in [2.05, 4.69) is 4.90 Å². The Balaban J connectivity index is 1.77. The summed E-state index contributed by atoms with van der Waals surface area (Å²) in [7, 11) is 0. The molecule has 0 radical (unpaired) electrons. The number of rotatable bonds is 5. The summed E-state index contributed by atoms with van der Waals surface area (Å²) < 4.78 is 1.88. The molecule has 2 aromatic rings. The van der Waals surface area contributed by atoms with Gasteiger partial charge < -0.3 is 14.6 Å². The molecule has 0 amide bonds. The minimum Gasteiger partial charge on any atom is -0.477 e. The number of nitrogens with zero attached hydrogens (tertiary/aromatic N) is 2. The first kappa shape index (κ1) is 15.4. The lowest BCUT2D eigenvalue weighted by Gasteiger charge is -2.26. The molecule has 1 N–H and O–H groups in total. The van der Waals surface area contributed by atoms with Crippen molar-refractivity contribution in [3.8, 4) is 0 Å². The SMILES string of the molecule is O=C(O)c1cc2ccc(Cl)cc2n1CCCN1CCCCC1. The van der Waals surface area contributed by atoms with Gasteiger partial charge in [-0.1, -0.05) is 24.1 Å². The molecule has 1 fully saturated rings. The first-order valence-corrected chi connectivity index (χ1v) is 8.27. The molecule has 118 valence electrons. The Morgan fingerprint density at radius 2 is 1.91 bits per heavy atom. The highest BCUT2D eigenvalue weighted by molar-refractivity contribution is 6.31. The number of aryl methyl sites for hydroxylation is 1. The Bertz CT molecular complexity index is 675. The molecule has 0 aliphatic carbocycles. The van der Waals surface area contributed by atoms with Gasteiger partial charge in [0, 0.05) is 17.0 Å². The molecular formula is C17H21ClN2O2. The van der Waals surface area contributed by atoms with Crippen LogP contribution in [-0.4, -0.2) is 40.2 Å². The van der Waals surface area contributed by atoms with Crippen LogP contribution in [0.15, 0.2) is 24.3 Å². The summed E-state index contributed by atoms with van der Waals surface area (Å²) >= 11 is 6.07. The van der Waals surface area contributed by atoms with Crippen molar-refractivity contribution in [2.75, 3.05) is 19.6 Å². The number of halogens is 1. The van der Waals surface area contributed by atoms with Gasteiger partial charge in [-0.05, 0) is 57.1 Å². The summed E-state index contributed by atoms with van der Waals surface area (Å²) in [4.78, 5) is 14.0. The fourth-order valence-corrected chi connectivity index (χ4v) is 3.45. The minimum absolute atomic E-state index is 0.343. The fourth-order valence-electron chi connectivity index (χ4n) is 3.28. The summed E-state index contributed by atoms with van der Waals surface area (Å²) in [5, 5.41) is 11.0. The topological polar surface area (TPSA) is 45.5 Å². The predicted molar refractivity (Wildman–Crippen MR) is 88.8 cm³/mol. The Labute approximate surface area is 135 Å². The second-order valence-electron chi connectivity index (χ2n) is 5.95. The van der Waals surface area contributed by atoms with Crippen molar-refractivity contribution in [2.24, 2.45) is 0 Å². The van der Waals surface area contributed by atoms with Gasteiger partial charge in [0.1, 0.15) is 5.69 Å². The van der Waals surface area contributed by atoms with Crippen molar-refractivity contribution in [2.45, 2.75) is 32.2 Å². The average molecular weight is 321 g/mol. The molecule has 4 nitrogen and oxygen atoms in total. The molecule has 1 aliphatic heterocycles. The summed E-state index contributed by atoms with van der Waals surface area (Å²) in [5.74, 6) is -0.884. The minimum atomic E-state index is -0.884. The number of carboxylic acid groups (broad SMARTS) is 1. The van der Waals surface area contributed by atoms with E-state index >= 15 is 0 Å². The summed E-state index contributed by atoms with van der Waals surface area (Å²) in [6, 6.07) is 7.26. The smallest absolute Gasteiger partial charge is 0.352 e. The van der Waals surface area contributed by atoms with Crippen molar-refractivity contribution >= 4 is 28.5 Å². The average Bonchev–Trinajstić information content (AvgIpc) is 2.87. The Morgan fingerprint density at radius 1 is 1.14 bits per heavy atom. The predicted octanol–water partition coefficient (Wildman–Crippen LogP) is 3.87. The third-order valence-corrected chi connectivity index (χ3v) is 4.63. The van der Waals surface area contributed by atoms with Crippen LogP contribution in [0.5, 0.6) is 0 Å². The highest BCUT2D eigenvalue weighted by Crippen LogP contribution is 2.24. The maximum atomic E-state index is 11.5. The van der Waals surface area contributed by atoms with E-state index in [0.29, 0.717) is 17.3 Å². The number of likely N-dealkylation sites (tertiary alicyclic amines) is 1. The van der Waals surface area contributed by atoms with Gasteiger partial charge in [-0.3, -0.25) is 0 Å². The van der Waals surface area contributed by atoms with Gasteiger partial charge in [-0.25, -0.2) is 4.79 Å². The third-order valence-electron chi connectivity index (χ3n) is 4.39. The standard InChI is InChI=1S/C17H21ClN2O2/c18-14-6-5-13-11-16(17(21)22)20(15(13)12-14)10-4-9-19-7-2-1-3-8-19/h5-6,11-12H,1-4,7-10H2,(H,21,22). The van der Waals surface area contributed by atoms with Crippen LogP contribution in [0.4, 0.5) is 0 Å². The monoisotopic (exact) mass is 320 g/mol. The lowest BCUT2D eigenvalue weighted by molar-refractivity contribution is 0.0685. The number of carboxylic acids is 1. The maximum absolute atomic E-state index is 11.5. The summed E-state index contributed by atoms with van der Waals surface area (Å²) in [5.41, 5.74) is 1.25. The molecule has 0 atom stereocenters. The Hall–Kier alpha value is -1.52. The first-order chi connectivity index (χ1) is 10.6. The van der Waals surface area contributed by atoms with E-state index in [1.165, 1.54) is 32.4 Å². The largest absolute Gasteiger partial charge is 0.477 e. The zero-order chi connectivity index (χ0) is 15.5. The van der Waals surface area contributed by atoms with Crippen LogP contribution in [0, 0.1) is 0 Å². The normalized spacial score (nSPS) is 16.2. The van der Waals surface area contributed by atoms with E-state index in [9.17, 15) is 9.90 Å². The number of piperidine rings is 1. The quantitative estimate of drug-likeness (QED) is 0.909. The highest BCUT2D eigenvalue weighted by atomic mass is 35.5. The molecule has 3 rings (SSSR count). The van der Waals surface area contributed by atoms with Crippen LogP contribution in [-0.2, 0) is 6.54 Å². The third kappa shape index (κ3) is 3.28. The number of aromatic nitrogens is 1. The molecule has 1 saturated heterocycles. The Morgan fingerprint density at radius 3 is 2.64 bits per heavy atom. The fraction of sp³-hybridized carbons (Fsp3) is 0.471. The maximum Gasteiger partial charge on any atom is 0.352 e. The lowest BCUT2D eigenvalue weighted by Crippen LogP contribution is -2.31. The number of benzene rings is 1. The van der Waals surface area contributed by atoms with Crippen molar-refractivity contribution in [1.82, 2.24) is 9.47 Å². The molecule has 0 saturated carbocycles. The van der Waals surface area contributed by atoms with Crippen LogP contribution < -0.4 is 0 Å². The lowest BCUT2D eigenvalue weighted by atomic mass is 10.1. The van der Waals surface area contributed by atoms with Crippen LogP contribution in [0.2, 0.25) is 5.02 Å². The molecule has 2 heterocycles. The van der Waals surface area contributed by atoms with Crippen LogP contribution in [0.3, 0.4) is 0 Å². The zero-order valence-corrected chi connectivity index (χ0v) is 13.4. The number of aromatic carboxylic acids is 1. The van der Waals surface area contributed by atoms with Crippen molar-refractivity contribution in [3.05, 3.63) is 35.0 Å². The van der Waals surface area contributed by atoms with E-state index in [1.54, 1.807) is 12.1 Å².